The summed E-state index contributed by atoms with van der Waals surface area (Å²) in [6.45, 7) is 2.01. The maximum absolute atomic E-state index is 11.6. The van der Waals surface area contributed by atoms with Crippen molar-refractivity contribution in [3.8, 4) is 0 Å². The van der Waals surface area contributed by atoms with Crippen LogP contribution in [-0.4, -0.2) is 25.6 Å². The van der Waals surface area contributed by atoms with Crippen molar-refractivity contribution in [2.45, 2.75) is 45.0 Å². The lowest BCUT2D eigenvalue weighted by atomic mass is 10.1. The van der Waals surface area contributed by atoms with Gasteiger partial charge in [0.2, 0.25) is 0 Å². The number of hydrogen-bond donors (Lipinski definition) is 1. The van der Waals surface area contributed by atoms with E-state index in [0.29, 0.717) is 6.04 Å². The third-order valence-electron chi connectivity index (χ3n) is 2.61. The first kappa shape index (κ1) is 12.8. The number of ether oxygens (including phenoxy) is 1. The molecular weight excluding hydrogens is 207 g/mol. The summed E-state index contributed by atoms with van der Waals surface area (Å²) in [7, 11) is 0. The van der Waals surface area contributed by atoms with Crippen molar-refractivity contribution in [1.82, 2.24) is 5.32 Å². The van der Waals surface area contributed by atoms with Crippen molar-refractivity contribution >= 4 is 0 Å². The van der Waals surface area contributed by atoms with Gasteiger partial charge in [0.25, 0.3) is 0 Å². The second kappa shape index (κ2) is 5.70. The molecule has 1 fully saturated rings. The molecule has 5 heteroatoms. The van der Waals surface area contributed by atoms with Crippen LogP contribution in [0.25, 0.3) is 0 Å². The largest absolute Gasteiger partial charge is 0.522 e. The minimum atomic E-state index is -4.50. The van der Waals surface area contributed by atoms with Gasteiger partial charge in [0.05, 0.1) is 6.61 Å². The fraction of sp³-hybridized carbons (Fsp3) is 1.00. The van der Waals surface area contributed by atoms with Gasteiger partial charge >= 0.3 is 6.36 Å². The minimum Gasteiger partial charge on any atom is -0.312 e. The van der Waals surface area contributed by atoms with Crippen molar-refractivity contribution in [2.24, 2.45) is 5.92 Å². The Morgan fingerprint density at radius 3 is 2.53 bits per heavy atom. The number of hydrogen-bond acceptors (Lipinski definition) is 2. The maximum atomic E-state index is 11.6. The molecule has 0 heterocycles. The van der Waals surface area contributed by atoms with Crippen molar-refractivity contribution in [2.75, 3.05) is 13.2 Å². The quantitative estimate of drug-likeness (QED) is 0.673. The average Bonchev–Trinajstić information content (AvgIpc) is 2.92. The molecule has 15 heavy (non-hydrogen) atoms. The van der Waals surface area contributed by atoms with Crippen LogP contribution in [0.4, 0.5) is 13.2 Å². The molecule has 1 aliphatic carbocycles. The second-order valence-electron chi connectivity index (χ2n) is 4.03. The van der Waals surface area contributed by atoms with E-state index in [-0.39, 0.29) is 13.2 Å². The Morgan fingerprint density at radius 2 is 2.07 bits per heavy atom. The van der Waals surface area contributed by atoms with Crippen LogP contribution in [0.1, 0.15) is 32.6 Å². The number of halogens is 3. The van der Waals surface area contributed by atoms with Gasteiger partial charge < -0.3 is 5.32 Å². The number of rotatable bonds is 7. The third-order valence-corrected chi connectivity index (χ3v) is 2.61. The first-order chi connectivity index (χ1) is 7.01. The average molecular weight is 225 g/mol. The van der Waals surface area contributed by atoms with E-state index < -0.39 is 6.36 Å². The summed E-state index contributed by atoms with van der Waals surface area (Å²) in [5.41, 5.74) is 0. The summed E-state index contributed by atoms with van der Waals surface area (Å²) in [5.74, 6) is 0.797. The van der Waals surface area contributed by atoms with E-state index in [4.69, 9.17) is 0 Å². The molecule has 1 N–H and O–H groups in total. The number of nitrogens with one attached hydrogen (secondary N) is 1. The standard InChI is InChI=1S/C10H18F3NO/c1-2-9(7-8-3-4-8)14-5-6-15-10(11,12)13/h8-9,14H,2-7H2,1H3. The first-order valence-corrected chi connectivity index (χ1v) is 5.45. The molecule has 1 atom stereocenters. The summed E-state index contributed by atoms with van der Waals surface area (Å²) in [6.07, 6.45) is 0.0966. The van der Waals surface area contributed by atoms with Gasteiger partial charge in [0.1, 0.15) is 0 Å². The van der Waals surface area contributed by atoms with E-state index in [0.717, 1.165) is 18.8 Å². The van der Waals surface area contributed by atoms with Crippen LogP contribution in [-0.2, 0) is 4.74 Å². The van der Waals surface area contributed by atoms with Gasteiger partial charge in [0, 0.05) is 12.6 Å². The van der Waals surface area contributed by atoms with Crippen molar-refractivity contribution in [3.63, 3.8) is 0 Å². The Hall–Kier alpha value is -0.290. The molecule has 2 nitrogen and oxygen atoms in total. The lowest BCUT2D eigenvalue weighted by Crippen LogP contribution is -2.33. The molecule has 0 radical (unpaired) electrons. The van der Waals surface area contributed by atoms with Gasteiger partial charge in [-0.25, -0.2) is 0 Å². The zero-order valence-electron chi connectivity index (χ0n) is 8.94. The van der Waals surface area contributed by atoms with Crippen molar-refractivity contribution < 1.29 is 17.9 Å². The molecule has 0 saturated heterocycles. The smallest absolute Gasteiger partial charge is 0.312 e. The van der Waals surface area contributed by atoms with Crippen LogP contribution < -0.4 is 5.32 Å². The lowest BCUT2D eigenvalue weighted by Gasteiger charge is -2.16. The highest BCUT2D eigenvalue weighted by molar-refractivity contribution is 4.79. The molecule has 1 rings (SSSR count). The summed E-state index contributed by atoms with van der Waals surface area (Å²) >= 11 is 0. The predicted molar refractivity (Wildman–Crippen MR) is 51.4 cm³/mol. The fourth-order valence-electron chi connectivity index (χ4n) is 1.58. The van der Waals surface area contributed by atoms with Gasteiger partial charge in [-0.15, -0.1) is 13.2 Å². The van der Waals surface area contributed by atoms with Crippen LogP contribution in [0.3, 0.4) is 0 Å². The summed E-state index contributed by atoms with van der Waals surface area (Å²) < 4.78 is 38.6. The molecule has 90 valence electrons. The summed E-state index contributed by atoms with van der Waals surface area (Å²) in [6, 6.07) is 0.342. The molecule has 1 unspecified atom stereocenters. The Bertz CT molecular complexity index is 180. The Labute approximate surface area is 88.2 Å². The zero-order chi connectivity index (χ0) is 11.3. The molecule has 0 bridgehead atoms. The molecule has 1 aliphatic rings. The highest BCUT2D eigenvalue weighted by atomic mass is 19.4. The van der Waals surface area contributed by atoms with Gasteiger partial charge in [-0.1, -0.05) is 19.8 Å². The van der Waals surface area contributed by atoms with Gasteiger partial charge in [0.15, 0.2) is 0 Å². The highest BCUT2D eigenvalue weighted by Gasteiger charge is 2.29. The SMILES string of the molecule is CCC(CC1CC1)NCCOC(F)(F)F. The van der Waals surface area contributed by atoms with E-state index >= 15 is 0 Å². The summed E-state index contributed by atoms with van der Waals surface area (Å²) in [4.78, 5) is 0. The van der Waals surface area contributed by atoms with Crippen LogP contribution in [0.5, 0.6) is 0 Å². The predicted octanol–water partition coefficient (Wildman–Crippen LogP) is 2.69. The number of alkyl halides is 3. The lowest BCUT2D eigenvalue weighted by molar-refractivity contribution is -0.323. The fourth-order valence-corrected chi connectivity index (χ4v) is 1.58. The highest BCUT2D eigenvalue weighted by Crippen LogP contribution is 2.33. The van der Waals surface area contributed by atoms with E-state index in [1.807, 2.05) is 6.92 Å². The first-order valence-electron chi connectivity index (χ1n) is 5.45. The maximum Gasteiger partial charge on any atom is 0.522 e. The van der Waals surface area contributed by atoms with Crippen LogP contribution in [0.15, 0.2) is 0 Å². The van der Waals surface area contributed by atoms with Crippen LogP contribution in [0.2, 0.25) is 0 Å². The van der Waals surface area contributed by atoms with E-state index in [1.54, 1.807) is 0 Å². The van der Waals surface area contributed by atoms with E-state index in [9.17, 15) is 13.2 Å². The molecule has 0 spiro atoms. The molecule has 0 aromatic heterocycles. The Kier molecular flexibility index (Phi) is 4.86. The van der Waals surface area contributed by atoms with Crippen LogP contribution in [0, 0.1) is 5.92 Å². The minimum absolute atomic E-state index is 0.269. The van der Waals surface area contributed by atoms with E-state index in [2.05, 4.69) is 10.1 Å². The monoisotopic (exact) mass is 225 g/mol. The second-order valence-corrected chi connectivity index (χ2v) is 4.03. The van der Waals surface area contributed by atoms with Gasteiger partial charge in [-0.05, 0) is 18.8 Å². The molecule has 0 aliphatic heterocycles. The molecule has 0 aromatic rings. The van der Waals surface area contributed by atoms with E-state index in [1.165, 1.54) is 12.8 Å². The van der Waals surface area contributed by atoms with Crippen LogP contribution >= 0.6 is 0 Å². The zero-order valence-corrected chi connectivity index (χ0v) is 8.94. The Balaban J connectivity index is 2.01. The summed E-state index contributed by atoms with van der Waals surface area (Å²) in [5, 5.41) is 3.09. The molecule has 0 aromatic carbocycles. The van der Waals surface area contributed by atoms with Crippen molar-refractivity contribution in [1.29, 1.82) is 0 Å². The molecule has 0 amide bonds. The van der Waals surface area contributed by atoms with Crippen molar-refractivity contribution in [3.05, 3.63) is 0 Å². The Morgan fingerprint density at radius 1 is 1.40 bits per heavy atom. The topological polar surface area (TPSA) is 21.3 Å². The van der Waals surface area contributed by atoms with Gasteiger partial charge in [-0.2, -0.15) is 0 Å². The normalized spacial score (nSPS) is 19.2. The molecule has 1 saturated carbocycles. The third kappa shape index (κ3) is 6.73. The van der Waals surface area contributed by atoms with Gasteiger partial charge in [-0.3, -0.25) is 4.74 Å². The molecular formula is C10H18F3NO.